The second-order valence-electron chi connectivity index (χ2n) is 4.43. The first-order valence-corrected chi connectivity index (χ1v) is 7.81. The lowest BCUT2D eigenvalue weighted by atomic mass is 10.2. The average molecular weight is 340 g/mol. The van der Waals surface area contributed by atoms with Gasteiger partial charge in [-0.2, -0.15) is 0 Å². The summed E-state index contributed by atoms with van der Waals surface area (Å²) in [5.74, 6) is -1.11. The molecule has 1 N–H and O–H groups in total. The monoisotopic (exact) mass is 339 g/mol. The van der Waals surface area contributed by atoms with Crippen molar-refractivity contribution in [1.29, 1.82) is 0 Å². The Labute approximate surface area is 136 Å². The highest BCUT2D eigenvalue weighted by molar-refractivity contribution is 7.13. The van der Waals surface area contributed by atoms with E-state index in [4.69, 9.17) is 16.3 Å². The van der Waals surface area contributed by atoms with E-state index in [1.54, 1.807) is 13.0 Å². The van der Waals surface area contributed by atoms with E-state index >= 15 is 0 Å². The lowest BCUT2D eigenvalue weighted by molar-refractivity contribution is -0.124. The number of carbonyl (C=O) groups is 2. The topological polar surface area (TPSA) is 81.2 Å². The van der Waals surface area contributed by atoms with Crippen LogP contribution in [0.5, 0.6) is 0 Å². The molecule has 22 heavy (non-hydrogen) atoms. The molecule has 0 bridgehead atoms. The van der Waals surface area contributed by atoms with Gasteiger partial charge in [0.1, 0.15) is 5.15 Å². The van der Waals surface area contributed by atoms with Crippen LogP contribution < -0.4 is 5.32 Å². The van der Waals surface area contributed by atoms with E-state index < -0.39 is 18.0 Å². The van der Waals surface area contributed by atoms with Crippen LogP contribution in [-0.4, -0.2) is 27.9 Å². The summed E-state index contributed by atoms with van der Waals surface area (Å²) in [6, 6.07) is 3.06. The number of nitrogens with one attached hydrogen (secondary N) is 1. The molecule has 6 nitrogen and oxygen atoms in total. The van der Waals surface area contributed by atoms with Crippen molar-refractivity contribution in [2.24, 2.45) is 0 Å². The van der Waals surface area contributed by atoms with Crippen LogP contribution in [0.25, 0.3) is 0 Å². The van der Waals surface area contributed by atoms with E-state index in [0.717, 1.165) is 5.69 Å². The molecule has 2 aromatic heterocycles. The van der Waals surface area contributed by atoms with Gasteiger partial charge in [0, 0.05) is 11.6 Å². The van der Waals surface area contributed by atoms with E-state index in [1.165, 1.54) is 23.6 Å². The number of aromatic nitrogens is 2. The standard InChI is InChI=1S/C14H14ClN3O3S/c1-3-10(12(19)18-14-17-8(2)7-22-14)21-13(20)9-5-4-6-16-11(9)15/h4-7,10H,3H2,1-2H3,(H,17,18,19). The Morgan fingerprint density at radius 2 is 2.27 bits per heavy atom. The molecule has 2 rings (SSSR count). The van der Waals surface area contributed by atoms with E-state index in [9.17, 15) is 9.59 Å². The van der Waals surface area contributed by atoms with Crippen LogP contribution in [0.1, 0.15) is 29.4 Å². The molecule has 116 valence electrons. The van der Waals surface area contributed by atoms with E-state index in [0.29, 0.717) is 11.6 Å². The van der Waals surface area contributed by atoms with Gasteiger partial charge in [0.15, 0.2) is 11.2 Å². The van der Waals surface area contributed by atoms with Gasteiger partial charge >= 0.3 is 5.97 Å². The molecule has 1 atom stereocenters. The number of halogens is 1. The minimum atomic E-state index is -0.923. The molecule has 1 unspecified atom stereocenters. The molecule has 0 fully saturated rings. The number of pyridine rings is 1. The fraction of sp³-hybridized carbons (Fsp3) is 0.286. The van der Waals surface area contributed by atoms with Crippen LogP contribution in [0.4, 0.5) is 5.13 Å². The van der Waals surface area contributed by atoms with E-state index in [1.807, 2.05) is 12.3 Å². The Hall–Kier alpha value is -1.99. The van der Waals surface area contributed by atoms with Crippen molar-refractivity contribution in [3.8, 4) is 0 Å². The summed E-state index contributed by atoms with van der Waals surface area (Å²) in [5.41, 5.74) is 0.938. The van der Waals surface area contributed by atoms with Crippen LogP contribution in [-0.2, 0) is 9.53 Å². The zero-order valence-electron chi connectivity index (χ0n) is 12.0. The smallest absolute Gasteiger partial charge is 0.342 e. The van der Waals surface area contributed by atoms with Crippen molar-refractivity contribution in [2.75, 3.05) is 5.32 Å². The lowest BCUT2D eigenvalue weighted by Crippen LogP contribution is -2.32. The highest BCUT2D eigenvalue weighted by Crippen LogP contribution is 2.17. The normalized spacial score (nSPS) is 11.8. The van der Waals surface area contributed by atoms with Crippen LogP contribution in [0, 0.1) is 6.92 Å². The van der Waals surface area contributed by atoms with Gasteiger partial charge in [-0.25, -0.2) is 14.8 Å². The fourth-order valence-electron chi connectivity index (χ4n) is 1.65. The van der Waals surface area contributed by atoms with Crippen molar-refractivity contribution in [2.45, 2.75) is 26.4 Å². The number of nitrogens with zero attached hydrogens (tertiary/aromatic N) is 2. The molecule has 2 heterocycles. The first-order valence-electron chi connectivity index (χ1n) is 6.55. The summed E-state index contributed by atoms with van der Waals surface area (Å²) >= 11 is 7.15. The van der Waals surface area contributed by atoms with Crippen molar-refractivity contribution in [3.63, 3.8) is 0 Å². The third-order valence-corrected chi connectivity index (χ3v) is 3.92. The maximum absolute atomic E-state index is 12.1. The molecule has 0 radical (unpaired) electrons. The summed E-state index contributed by atoms with van der Waals surface area (Å²) in [4.78, 5) is 32.1. The van der Waals surface area contributed by atoms with E-state index in [-0.39, 0.29) is 10.7 Å². The van der Waals surface area contributed by atoms with Crippen molar-refractivity contribution >= 4 is 39.9 Å². The fourth-order valence-corrected chi connectivity index (χ4v) is 2.54. The van der Waals surface area contributed by atoms with Gasteiger partial charge in [0.2, 0.25) is 0 Å². The van der Waals surface area contributed by atoms with Gasteiger partial charge in [0.25, 0.3) is 5.91 Å². The molecule has 1 amide bonds. The van der Waals surface area contributed by atoms with Gasteiger partial charge in [0.05, 0.1) is 11.3 Å². The maximum atomic E-state index is 12.1. The SMILES string of the molecule is CCC(OC(=O)c1cccnc1Cl)C(=O)Nc1nc(C)cs1. The summed E-state index contributed by atoms with van der Waals surface area (Å²) in [6.07, 6.45) is 0.876. The number of anilines is 1. The van der Waals surface area contributed by atoms with Gasteiger partial charge in [-0.05, 0) is 25.5 Å². The zero-order valence-corrected chi connectivity index (χ0v) is 13.6. The number of esters is 1. The number of hydrogen-bond acceptors (Lipinski definition) is 6. The predicted octanol–water partition coefficient (Wildman–Crippen LogP) is 3.07. The Kier molecular flexibility index (Phi) is 5.46. The molecule has 0 aliphatic carbocycles. The Balaban J connectivity index is 2.04. The molecule has 0 aliphatic rings. The van der Waals surface area contributed by atoms with Crippen molar-refractivity contribution < 1.29 is 14.3 Å². The number of hydrogen-bond donors (Lipinski definition) is 1. The number of carbonyl (C=O) groups excluding carboxylic acids is 2. The molecular weight excluding hydrogens is 326 g/mol. The van der Waals surface area contributed by atoms with Crippen molar-refractivity contribution in [3.05, 3.63) is 40.1 Å². The average Bonchev–Trinajstić information content (AvgIpc) is 2.90. The number of thiazole rings is 1. The molecule has 0 aromatic carbocycles. The largest absolute Gasteiger partial charge is 0.449 e. The summed E-state index contributed by atoms with van der Waals surface area (Å²) in [5, 5.41) is 4.95. The van der Waals surface area contributed by atoms with Gasteiger partial charge in [-0.15, -0.1) is 11.3 Å². The summed E-state index contributed by atoms with van der Waals surface area (Å²) in [7, 11) is 0. The Morgan fingerprint density at radius 1 is 1.50 bits per heavy atom. The highest BCUT2D eigenvalue weighted by Gasteiger charge is 2.24. The third-order valence-electron chi connectivity index (χ3n) is 2.74. The maximum Gasteiger partial charge on any atom is 0.342 e. The molecule has 2 aromatic rings. The molecule has 0 aliphatic heterocycles. The molecular formula is C14H14ClN3O3S. The highest BCUT2D eigenvalue weighted by atomic mass is 35.5. The minimum Gasteiger partial charge on any atom is -0.449 e. The first-order chi connectivity index (χ1) is 10.5. The van der Waals surface area contributed by atoms with Crippen molar-refractivity contribution in [1.82, 2.24) is 9.97 Å². The zero-order chi connectivity index (χ0) is 16.1. The van der Waals surface area contributed by atoms with Gasteiger partial charge in [-0.1, -0.05) is 18.5 Å². The lowest BCUT2D eigenvalue weighted by Gasteiger charge is -2.15. The van der Waals surface area contributed by atoms with E-state index in [2.05, 4.69) is 15.3 Å². The Morgan fingerprint density at radius 3 is 2.86 bits per heavy atom. The Bertz CT molecular complexity index is 689. The predicted molar refractivity (Wildman–Crippen MR) is 84.2 cm³/mol. The molecule has 0 saturated heterocycles. The number of rotatable bonds is 5. The second-order valence-corrected chi connectivity index (χ2v) is 5.64. The third kappa shape index (κ3) is 4.02. The molecule has 0 saturated carbocycles. The quantitative estimate of drug-likeness (QED) is 0.668. The molecule has 8 heteroatoms. The number of aryl methyl sites for hydroxylation is 1. The van der Waals surface area contributed by atoms with Crippen LogP contribution in [0.3, 0.4) is 0 Å². The molecule has 0 spiro atoms. The number of amides is 1. The summed E-state index contributed by atoms with van der Waals surface area (Å²) < 4.78 is 5.21. The minimum absolute atomic E-state index is 0.0401. The van der Waals surface area contributed by atoms with Crippen LogP contribution >= 0.6 is 22.9 Å². The van der Waals surface area contributed by atoms with Crippen LogP contribution in [0.15, 0.2) is 23.7 Å². The van der Waals surface area contributed by atoms with Gasteiger partial charge < -0.3 is 4.74 Å². The number of ether oxygens (including phenoxy) is 1. The first kappa shape index (κ1) is 16.4. The van der Waals surface area contributed by atoms with Gasteiger partial charge in [-0.3, -0.25) is 10.1 Å². The summed E-state index contributed by atoms with van der Waals surface area (Å²) in [6.45, 7) is 3.57. The second kappa shape index (κ2) is 7.33. The van der Waals surface area contributed by atoms with Crippen LogP contribution in [0.2, 0.25) is 5.15 Å².